The van der Waals surface area contributed by atoms with Crippen LogP contribution in [0.1, 0.15) is 92.6 Å². The lowest BCUT2D eigenvalue weighted by Crippen LogP contribution is -2.50. The van der Waals surface area contributed by atoms with E-state index in [4.69, 9.17) is 24.2 Å². The molecule has 0 spiro atoms. The lowest BCUT2D eigenvalue weighted by molar-refractivity contribution is -0.142. The van der Waals surface area contributed by atoms with Gasteiger partial charge in [-0.25, -0.2) is 19.0 Å². The first-order chi connectivity index (χ1) is 39.5. The molecule has 1 aliphatic carbocycles. The van der Waals surface area contributed by atoms with Crippen molar-refractivity contribution in [3.8, 4) is 45.3 Å². The van der Waals surface area contributed by atoms with E-state index < -0.39 is 30.1 Å². The van der Waals surface area contributed by atoms with Crippen molar-refractivity contribution in [2.24, 2.45) is 5.92 Å². The summed E-state index contributed by atoms with van der Waals surface area (Å²) in [5.74, 6) is 0.0480. The fourth-order valence-electron chi connectivity index (χ4n) is 12.4. The summed E-state index contributed by atoms with van der Waals surface area (Å²) in [5, 5.41) is 45.9. The summed E-state index contributed by atoms with van der Waals surface area (Å²) in [4.78, 5) is 51.0. The Balaban J connectivity index is 0.785. The number of carbonyl (C=O) groups excluding carboxylic acids is 2. The Bertz CT molecular complexity index is 3630. The van der Waals surface area contributed by atoms with Gasteiger partial charge >= 0.3 is 6.01 Å². The second kappa shape index (κ2) is 21.8. The number of halogens is 1. The number of fused-ring (bicyclic) bond motifs is 4. The summed E-state index contributed by atoms with van der Waals surface area (Å²) in [7, 11) is 0. The lowest BCUT2D eigenvalue weighted by Gasteiger charge is -2.31. The van der Waals surface area contributed by atoms with Crippen LogP contribution < -0.4 is 25.0 Å². The number of ether oxygens (including phenoxy) is 3. The van der Waals surface area contributed by atoms with E-state index in [2.05, 4.69) is 52.1 Å². The Hall–Kier alpha value is -7.98. The number of aromatic nitrogens is 9. The number of rotatable bonds is 17. The number of amides is 2. The van der Waals surface area contributed by atoms with Crippen molar-refractivity contribution in [1.82, 2.24) is 60.7 Å². The van der Waals surface area contributed by atoms with Gasteiger partial charge < -0.3 is 44.9 Å². The molecule has 8 heterocycles. The number of likely N-dealkylation sites (tertiary alicyclic amines) is 1. The predicted molar refractivity (Wildman–Crippen MR) is 299 cm³/mol. The third-order valence-corrected chi connectivity index (χ3v) is 16.8. The van der Waals surface area contributed by atoms with Crippen LogP contribution in [0.25, 0.3) is 55.3 Å². The van der Waals surface area contributed by atoms with E-state index in [0.717, 1.165) is 95.2 Å². The van der Waals surface area contributed by atoms with Gasteiger partial charge in [-0.1, -0.05) is 67.6 Å². The number of aromatic amines is 1. The smallest absolute Gasteiger partial charge is 0.319 e. The fourth-order valence-corrected chi connectivity index (χ4v) is 12.4. The summed E-state index contributed by atoms with van der Waals surface area (Å²) < 4.78 is 37.1. The van der Waals surface area contributed by atoms with Gasteiger partial charge in [0.05, 0.1) is 49.9 Å². The predicted octanol–water partition coefficient (Wildman–Crippen LogP) is 6.91. The molecular formula is C60H64FN13O7. The van der Waals surface area contributed by atoms with E-state index in [1.54, 1.807) is 24.8 Å². The normalized spacial score (nSPS) is 20.9. The third-order valence-electron chi connectivity index (χ3n) is 16.8. The molecule has 20 nitrogen and oxygen atoms in total. The molecule has 1 saturated carbocycles. The van der Waals surface area contributed by atoms with Crippen LogP contribution in [0.4, 0.5) is 10.2 Å². The minimum Gasteiger partial charge on any atom is -0.486 e. The molecule has 21 heteroatoms. The maximum atomic E-state index is 16.2. The largest absolute Gasteiger partial charge is 0.486 e. The number of carbonyl (C=O) groups is 2. The second-order valence-electron chi connectivity index (χ2n) is 22.6. The van der Waals surface area contributed by atoms with Gasteiger partial charge in [-0.15, -0.1) is 5.10 Å². The van der Waals surface area contributed by atoms with Gasteiger partial charge in [0.2, 0.25) is 11.8 Å². The van der Waals surface area contributed by atoms with Gasteiger partial charge in [-0.2, -0.15) is 15.1 Å². The molecule has 4 aromatic heterocycles. The average Bonchev–Trinajstić information content (AvgIpc) is 4.15. The van der Waals surface area contributed by atoms with E-state index >= 15 is 4.39 Å². The van der Waals surface area contributed by atoms with Crippen molar-refractivity contribution in [3.63, 3.8) is 0 Å². The van der Waals surface area contributed by atoms with Gasteiger partial charge in [-0.05, 0) is 78.0 Å². The number of benzene rings is 4. The van der Waals surface area contributed by atoms with Gasteiger partial charge in [0.25, 0.3) is 0 Å². The first-order valence-electron chi connectivity index (χ1n) is 28.1. The van der Waals surface area contributed by atoms with Crippen molar-refractivity contribution in [3.05, 3.63) is 120 Å². The summed E-state index contributed by atoms with van der Waals surface area (Å²) in [6, 6.07) is 17.1. The molecular weight excluding hydrogens is 1030 g/mol. The van der Waals surface area contributed by atoms with Crippen LogP contribution in [0.15, 0.2) is 91.8 Å². The molecule has 4 aromatic carbocycles. The van der Waals surface area contributed by atoms with Crippen LogP contribution >= 0.6 is 0 Å². The standard InChI is InChI=1S/C60H64FN13O7/c1-32(2)55(59(78)73-27-42(76)19-51(73)58(77)66-50(29-75)38-12-8-35(9-13-38)39-22-62-31-63-23-39)74-28-49(70-71-74)37-6-4-34(5-7-37)30-80-56-53(52-33(3)47(61)21-48-46(52)25-65-69-48)44(36-10-11-36)20-45-54(56)67-60(81-43-14-16-79-17-15-43)68-57(45)72-26-40-18-41(72)24-64-40/h4-9,12-13,20-23,25,28,31-32,36,40-43,50-51,55,64,75-76H,10-11,14-19,24,26-27,29-30H2,1-3H3,(H,65,69)(H,66,77)/t40-,41-,42+,50-,51-,55-/m0/s1. The highest BCUT2D eigenvalue weighted by Crippen LogP contribution is 2.53. The minimum atomic E-state index is -0.990. The first kappa shape index (κ1) is 52.4. The zero-order valence-electron chi connectivity index (χ0n) is 45.3. The number of aliphatic hydroxyl groups excluding tert-OH is 2. The van der Waals surface area contributed by atoms with Crippen molar-refractivity contribution < 1.29 is 38.4 Å². The number of anilines is 1. The van der Waals surface area contributed by atoms with E-state index in [0.29, 0.717) is 58.4 Å². The number of hydrogen-bond donors (Lipinski definition) is 5. The number of hydrogen-bond acceptors (Lipinski definition) is 16. The summed E-state index contributed by atoms with van der Waals surface area (Å²) >= 11 is 0. The van der Waals surface area contributed by atoms with Crippen LogP contribution in [0.5, 0.6) is 11.8 Å². The third kappa shape index (κ3) is 10.2. The maximum Gasteiger partial charge on any atom is 0.319 e. The molecule has 81 heavy (non-hydrogen) atoms. The minimum absolute atomic E-state index is 0.0342. The molecule has 5 N–H and O–H groups in total. The highest BCUT2D eigenvalue weighted by Gasteiger charge is 2.44. The molecule has 2 bridgehead atoms. The Morgan fingerprint density at radius 1 is 0.914 bits per heavy atom. The van der Waals surface area contributed by atoms with Crippen LogP contribution in [0.3, 0.4) is 0 Å². The number of aliphatic hydroxyl groups is 2. The van der Waals surface area contributed by atoms with Crippen molar-refractivity contribution in [2.75, 3.05) is 44.4 Å². The van der Waals surface area contributed by atoms with E-state index in [1.165, 1.54) is 22.0 Å². The number of H-pyrrole nitrogens is 1. The molecule has 8 aromatic rings. The Kier molecular flexibility index (Phi) is 14.1. The van der Waals surface area contributed by atoms with Crippen molar-refractivity contribution >= 4 is 39.4 Å². The molecule has 4 aliphatic heterocycles. The zero-order chi connectivity index (χ0) is 55.5. The van der Waals surface area contributed by atoms with Crippen LogP contribution in [0.2, 0.25) is 0 Å². The van der Waals surface area contributed by atoms with Crippen molar-refractivity contribution in [2.45, 2.75) is 114 Å². The average molecular weight is 1100 g/mol. The fraction of sp³-hybridized carbons (Fsp3) is 0.417. The number of nitrogens with zero attached hydrogens (tertiary/aromatic N) is 10. The summed E-state index contributed by atoms with van der Waals surface area (Å²) in [6.45, 7) is 8.16. The first-order valence-corrected chi connectivity index (χ1v) is 28.1. The number of β-amino-alcohol motifs (C(OH)–C–C–N with tert-alkyl or cyclic N) is 1. The monoisotopic (exact) mass is 1100 g/mol. The molecule has 4 saturated heterocycles. The molecule has 0 unspecified atom stereocenters. The highest BCUT2D eigenvalue weighted by atomic mass is 19.1. The molecule has 5 aliphatic rings. The second-order valence-corrected chi connectivity index (χ2v) is 22.6. The van der Waals surface area contributed by atoms with Crippen molar-refractivity contribution in [1.29, 1.82) is 0 Å². The van der Waals surface area contributed by atoms with Gasteiger partial charge in [0.15, 0.2) is 5.75 Å². The van der Waals surface area contributed by atoms with Crippen LogP contribution in [0, 0.1) is 18.7 Å². The molecule has 418 valence electrons. The molecule has 6 atom stereocenters. The maximum absolute atomic E-state index is 16.2. The van der Waals surface area contributed by atoms with Gasteiger partial charge in [-0.3, -0.25) is 14.7 Å². The molecule has 5 fully saturated rings. The Labute approximate surface area is 466 Å². The van der Waals surface area contributed by atoms with Gasteiger partial charge in [0, 0.05) is 96.4 Å². The quantitative estimate of drug-likeness (QED) is 0.0622. The molecule has 0 radical (unpaired) electrons. The topological polar surface area (TPSA) is 244 Å². The zero-order valence-corrected chi connectivity index (χ0v) is 45.3. The summed E-state index contributed by atoms with van der Waals surface area (Å²) in [6.07, 6.45) is 11.7. The SMILES string of the molecule is Cc1c(F)cc2[nH]ncc2c1-c1c(C2CC2)cc2c(N3C[C@@H]4C[C@H]3CN4)nc(OC3CCOCC3)nc2c1OCc1ccc(-c2cn([C@H](C(=O)N3C[C@H](O)C[C@H]3C(=O)N[C@@H](CO)c3ccc(-c4cncnc4)cc3)C(C)C)nn2)cc1. The number of piperazine rings is 1. The van der Waals surface area contributed by atoms with Crippen LogP contribution in [-0.4, -0.2) is 142 Å². The molecule has 2 amide bonds. The lowest BCUT2D eigenvalue weighted by atomic mass is 9.88. The molecule has 13 rings (SSSR count). The van der Waals surface area contributed by atoms with E-state index in [9.17, 15) is 19.8 Å². The summed E-state index contributed by atoms with van der Waals surface area (Å²) in [5.41, 5.74) is 8.69. The van der Waals surface area contributed by atoms with E-state index in [-0.39, 0.29) is 67.9 Å². The Morgan fingerprint density at radius 2 is 1.69 bits per heavy atom. The van der Waals surface area contributed by atoms with Crippen LogP contribution in [-0.2, 0) is 20.9 Å². The Morgan fingerprint density at radius 3 is 2.41 bits per heavy atom. The number of nitrogens with one attached hydrogen (secondary N) is 3. The highest BCUT2D eigenvalue weighted by molar-refractivity contribution is 6.06. The van der Waals surface area contributed by atoms with Gasteiger partial charge in [0.1, 0.15) is 54.0 Å². The van der Waals surface area contributed by atoms with E-state index in [1.807, 2.05) is 69.3 Å².